The van der Waals surface area contributed by atoms with Gasteiger partial charge in [-0.05, 0) is 25.3 Å². The number of nitrogens with zero attached hydrogens (tertiary/aromatic N) is 1. The molecule has 0 aromatic rings. The molecule has 5 heteroatoms. The van der Waals surface area contributed by atoms with Crippen LogP contribution >= 0.6 is 0 Å². The van der Waals surface area contributed by atoms with Gasteiger partial charge in [0.05, 0.1) is 17.1 Å². The first-order valence-corrected chi connectivity index (χ1v) is 4.66. The monoisotopic (exact) mass is 201 g/mol. The summed E-state index contributed by atoms with van der Waals surface area (Å²) in [6.07, 6.45) is 4.10. The van der Waals surface area contributed by atoms with E-state index >= 15 is 0 Å². The predicted molar refractivity (Wildman–Crippen MR) is 50.3 cm³/mol. The van der Waals surface area contributed by atoms with Crippen molar-refractivity contribution in [3.05, 3.63) is 22.4 Å². The van der Waals surface area contributed by atoms with Crippen LogP contribution < -0.4 is 0 Å². The summed E-state index contributed by atoms with van der Waals surface area (Å²) in [7, 11) is 1.62. The molecule has 0 heterocycles. The smallest absolute Gasteiger partial charge is 0.230 e. The van der Waals surface area contributed by atoms with Gasteiger partial charge >= 0.3 is 0 Å². The van der Waals surface area contributed by atoms with Crippen molar-refractivity contribution in [2.75, 3.05) is 7.11 Å². The van der Waals surface area contributed by atoms with Crippen LogP contribution in [0.3, 0.4) is 0 Å². The van der Waals surface area contributed by atoms with Crippen molar-refractivity contribution < 1.29 is 14.8 Å². The van der Waals surface area contributed by atoms with Gasteiger partial charge in [-0.25, -0.2) is 0 Å². The molecule has 0 saturated heterocycles. The lowest BCUT2D eigenvalue weighted by Gasteiger charge is -2.30. The summed E-state index contributed by atoms with van der Waals surface area (Å²) >= 11 is 0. The molecule has 0 aromatic carbocycles. The van der Waals surface area contributed by atoms with Crippen molar-refractivity contribution in [1.82, 2.24) is 0 Å². The highest BCUT2D eigenvalue weighted by atomic mass is 16.6. The van der Waals surface area contributed by atoms with Crippen molar-refractivity contribution in [3.63, 3.8) is 0 Å². The number of nitro groups is 1. The second kappa shape index (κ2) is 5.07. The maximum Gasteiger partial charge on any atom is 0.230 e. The third-order valence-electron chi connectivity index (χ3n) is 2.60. The van der Waals surface area contributed by atoms with Crippen molar-refractivity contribution in [2.24, 2.45) is 5.92 Å². The van der Waals surface area contributed by atoms with E-state index in [1.807, 2.05) is 0 Å². The van der Waals surface area contributed by atoms with E-state index in [4.69, 9.17) is 4.74 Å². The summed E-state index contributed by atoms with van der Waals surface area (Å²) < 4.78 is 5.16. The van der Waals surface area contributed by atoms with Gasteiger partial charge in [0.15, 0.2) is 0 Å². The number of ether oxygens (including phenoxy) is 1. The number of rotatable bonds is 3. The highest BCUT2D eigenvalue weighted by Crippen LogP contribution is 2.27. The highest BCUT2D eigenvalue weighted by Gasteiger charge is 2.27. The molecule has 14 heavy (non-hydrogen) atoms. The minimum absolute atomic E-state index is 0.111. The van der Waals surface area contributed by atoms with Gasteiger partial charge < -0.3 is 9.84 Å². The lowest BCUT2D eigenvalue weighted by molar-refractivity contribution is -0.403. The average Bonchev–Trinajstić information content (AvgIpc) is 2.16. The Balaban J connectivity index is 2.52. The Morgan fingerprint density at radius 3 is 2.86 bits per heavy atom. The zero-order valence-electron chi connectivity index (χ0n) is 8.13. The summed E-state index contributed by atoms with van der Waals surface area (Å²) in [4.78, 5) is 9.59. The fraction of sp³-hybridized carbons (Fsp3) is 0.778. The molecule has 0 aromatic heterocycles. The lowest BCUT2D eigenvalue weighted by Crippen LogP contribution is -2.31. The molecule has 0 amide bonds. The third kappa shape index (κ3) is 3.08. The van der Waals surface area contributed by atoms with Gasteiger partial charge in [0.25, 0.3) is 0 Å². The van der Waals surface area contributed by atoms with E-state index < -0.39 is 11.0 Å². The van der Waals surface area contributed by atoms with Gasteiger partial charge in [-0.15, -0.1) is 0 Å². The zero-order chi connectivity index (χ0) is 10.6. The molecular formula is C9H15NO4. The molecule has 1 saturated carbocycles. The Morgan fingerprint density at radius 2 is 2.29 bits per heavy atom. The van der Waals surface area contributed by atoms with E-state index in [0.717, 1.165) is 12.6 Å². The van der Waals surface area contributed by atoms with Crippen LogP contribution in [0.4, 0.5) is 0 Å². The van der Waals surface area contributed by atoms with E-state index in [-0.39, 0.29) is 12.0 Å². The van der Waals surface area contributed by atoms with Gasteiger partial charge in [-0.3, -0.25) is 10.1 Å². The Kier molecular flexibility index (Phi) is 4.03. The Hall–Kier alpha value is -0.940. The van der Waals surface area contributed by atoms with Crippen molar-refractivity contribution in [2.45, 2.75) is 31.5 Å². The summed E-state index contributed by atoms with van der Waals surface area (Å²) in [6.45, 7) is 0. The van der Waals surface area contributed by atoms with Crippen LogP contribution in [-0.4, -0.2) is 29.3 Å². The molecule has 1 aliphatic carbocycles. The Bertz CT molecular complexity index is 229. The van der Waals surface area contributed by atoms with Gasteiger partial charge in [0.1, 0.15) is 0 Å². The van der Waals surface area contributed by atoms with Crippen LogP contribution in [0.15, 0.2) is 12.3 Å². The minimum Gasteiger partial charge on any atom is -0.393 e. The third-order valence-corrected chi connectivity index (χ3v) is 2.60. The van der Waals surface area contributed by atoms with Crippen LogP contribution in [0.25, 0.3) is 0 Å². The molecule has 1 N–H and O–H groups in total. The van der Waals surface area contributed by atoms with Crippen molar-refractivity contribution in [1.29, 1.82) is 0 Å². The first-order chi connectivity index (χ1) is 6.63. The molecule has 5 nitrogen and oxygen atoms in total. The van der Waals surface area contributed by atoms with Crippen LogP contribution in [0.1, 0.15) is 19.3 Å². The van der Waals surface area contributed by atoms with Crippen molar-refractivity contribution >= 4 is 0 Å². The van der Waals surface area contributed by atoms with E-state index in [2.05, 4.69) is 0 Å². The molecule has 0 spiro atoms. The summed E-state index contributed by atoms with van der Waals surface area (Å²) in [5, 5.41) is 19.7. The predicted octanol–water partition coefficient (Wildman–Crippen LogP) is 0.953. The molecular weight excluding hydrogens is 186 g/mol. The molecule has 0 bridgehead atoms. The van der Waals surface area contributed by atoms with Gasteiger partial charge in [-0.1, -0.05) is 0 Å². The van der Waals surface area contributed by atoms with Crippen LogP contribution in [0.2, 0.25) is 0 Å². The molecule has 1 fully saturated rings. The average molecular weight is 201 g/mol. The minimum atomic E-state index is -0.511. The topological polar surface area (TPSA) is 72.6 Å². The first-order valence-electron chi connectivity index (χ1n) is 4.66. The molecule has 0 unspecified atom stereocenters. The fourth-order valence-corrected chi connectivity index (χ4v) is 1.75. The van der Waals surface area contributed by atoms with Gasteiger partial charge in [-0.2, -0.15) is 0 Å². The first kappa shape index (κ1) is 11.1. The van der Waals surface area contributed by atoms with Crippen LogP contribution in [-0.2, 0) is 4.74 Å². The highest BCUT2D eigenvalue weighted by molar-refractivity contribution is 4.92. The fourth-order valence-electron chi connectivity index (χ4n) is 1.75. The zero-order valence-corrected chi connectivity index (χ0v) is 8.13. The molecule has 0 radical (unpaired) electrons. The molecule has 0 aliphatic heterocycles. The largest absolute Gasteiger partial charge is 0.393 e. The second-order valence-electron chi connectivity index (χ2n) is 3.53. The second-order valence-corrected chi connectivity index (χ2v) is 3.53. The summed E-state index contributed by atoms with van der Waals surface area (Å²) in [6, 6.07) is 0. The maximum absolute atomic E-state index is 10.1. The summed E-state index contributed by atoms with van der Waals surface area (Å²) in [5.41, 5.74) is 0. The number of aliphatic hydroxyl groups excluding tert-OH is 1. The lowest BCUT2D eigenvalue weighted by atomic mass is 9.84. The SMILES string of the molecule is CO[C@H]1CC[C@H](O)[C@H](/C=C\[N+](=O)[O-])C1. The molecule has 80 valence electrons. The molecule has 1 aliphatic rings. The normalized spacial score (nSPS) is 33.4. The maximum atomic E-state index is 10.1. The van der Waals surface area contributed by atoms with E-state index in [0.29, 0.717) is 12.8 Å². The van der Waals surface area contributed by atoms with Gasteiger partial charge in [0.2, 0.25) is 6.20 Å². The Morgan fingerprint density at radius 1 is 1.57 bits per heavy atom. The van der Waals surface area contributed by atoms with Crippen LogP contribution in [0.5, 0.6) is 0 Å². The van der Waals surface area contributed by atoms with Gasteiger partial charge in [0, 0.05) is 13.0 Å². The van der Waals surface area contributed by atoms with Crippen LogP contribution in [0, 0.1) is 16.0 Å². The van der Waals surface area contributed by atoms with E-state index in [9.17, 15) is 15.2 Å². The number of hydrogen-bond donors (Lipinski definition) is 1. The van der Waals surface area contributed by atoms with Crippen molar-refractivity contribution in [3.8, 4) is 0 Å². The number of aliphatic hydroxyl groups is 1. The summed E-state index contributed by atoms with van der Waals surface area (Å²) in [5.74, 6) is -0.154. The van der Waals surface area contributed by atoms with E-state index in [1.54, 1.807) is 7.11 Å². The molecule has 1 rings (SSSR count). The quantitative estimate of drug-likeness (QED) is 0.545. The Labute approximate surface area is 82.5 Å². The van der Waals surface area contributed by atoms with E-state index in [1.165, 1.54) is 6.08 Å². The number of methoxy groups -OCH3 is 1. The number of hydrogen-bond acceptors (Lipinski definition) is 4. The molecule has 3 atom stereocenters. The standard InChI is InChI=1S/C9H15NO4/c1-14-8-2-3-9(11)7(6-8)4-5-10(12)13/h4-5,7-9,11H,2-3,6H2,1H3/b5-4-/t7-,8+,9+/m1/s1.